The van der Waals surface area contributed by atoms with Gasteiger partial charge in [0, 0.05) is 12.1 Å². The summed E-state index contributed by atoms with van der Waals surface area (Å²) in [5.41, 5.74) is 2.20. The molecule has 1 atom stereocenters. The second-order valence-corrected chi connectivity index (χ2v) is 8.59. The number of aliphatic hydroxyl groups is 1. The van der Waals surface area contributed by atoms with Crippen molar-refractivity contribution in [1.82, 2.24) is 4.90 Å². The standard InChI is InChI=1S/C29H27NO6/c1-2-34-22-11-8-20(9-12-22)26-25(27(31)21-10-13-23-24(18-21)36-17-16-35-23)28(32)29(33)30(26)15-14-19-6-4-3-5-7-19/h3-13,18,26,31H,2,14-17H2,1H3/b27-25+. The second kappa shape index (κ2) is 10.2. The summed E-state index contributed by atoms with van der Waals surface area (Å²) >= 11 is 0. The van der Waals surface area contributed by atoms with E-state index >= 15 is 0 Å². The van der Waals surface area contributed by atoms with E-state index in [0.717, 1.165) is 5.56 Å². The molecule has 5 rings (SSSR count). The van der Waals surface area contributed by atoms with Crippen molar-refractivity contribution in [3.63, 3.8) is 0 Å². The maximum Gasteiger partial charge on any atom is 0.295 e. The predicted octanol–water partition coefficient (Wildman–Crippen LogP) is 4.52. The van der Waals surface area contributed by atoms with Gasteiger partial charge in [-0.3, -0.25) is 9.59 Å². The zero-order valence-electron chi connectivity index (χ0n) is 20.0. The molecule has 3 aromatic rings. The highest BCUT2D eigenvalue weighted by molar-refractivity contribution is 6.46. The summed E-state index contributed by atoms with van der Waals surface area (Å²) in [5, 5.41) is 11.3. The van der Waals surface area contributed by atoms with Crippen LogP contribution in [0.3, 0.4) is 0 Å². The summed E-state index contributed by atoms with van der Waals surface area (Å²) < 4.78 is 16.8. The maximum absolute atomic E-state index is 13.3. The first kappa shape index (κ1) is 23.5. The van der Waals surface area contributed by atoms with Crippen LogP contribution in [0.15, 0.2) is 78.4 Å². The summed E-state index contributed by atoms with van der Waals surface area (Å²) in [7, 11) is 0. The molecule has 1 unspecified atom stereocenters. The van der Waals surface area contributed by atoms with Crippen molar-refractivity contribution < 1.29 is 28.9 Å². The summed E-state index contributed by atoms with van der Waals surface area (Å²) in [4.78, 5) is 28.1. The van der Waals surface area contributed by atoms with Gasteiger partial charge in [-0.05, 0) is 54.8 Å². The van der Waals surface area contributed by atoms with Crippen molar-refractivity contribution in [2.75, 3.05) is 26.4 Å². The number of benzene rings is 3. The molecule has 2 heterocycles. The molecule has 3 aromatic carbocycles. The molecule has 0 aliphatic carbocycles. The molecule has 1 N–H and O–H groups in total. The number of nitrogens with zero attached hydrogens (tertiary/aromatic N) is 1. The minimum absolute atomic E-state index is 0.0499. The smallest absolute Gasteiger partial charge is 0.295 e. The number of carbonyl (C=O) groups excluding carboxylic acids is 2. The number of amides is 1. The van der Waals surface area contributed by atoms with Gasteiger partial charge in [0.2, 0.25) is 0 Å². The van der Waals surface area contributed by atoms with Crippen molar-refractivity contribution >= 4 is 17.4 Å². The lowest BCUT2D eigenvalue weighted by atomic mass is 9.95. The van der Waals surface area contributed by atoms with Crippen molar-refractivity contribution in [2.45, 2.75) is 19.4 Å². The molecule has 0 bridgehead atoms. The van der Waals surface area contributed by atoms with E-state index in [9.17, 15) is 14.7 Å². The van der Waals surface area contributed by atoms with Gasteiger partial charge in [-0.25, -0.2) is 0 Å². The Balaban J connectivity index is 1.56. The summed E-state index contributed by atoms with van der Waals surface area (Å²) in [6, 6.07) is 21.3. The van der Waals surface area contributed by atoms with Crippen molar-refractivity contribution in [3.05, 3.63) is 95.1 Å². The first-order chi connectivity index (χ1) is 17.6. The van der Waals surface area contributed by atoms with Crippen molar-refractivity contribution in [1.29, 1.82) is 0 Å². The monoisotopic (exact) mass is 485 g/mol. The largest absolute Gasteiger partial charge is 0.507 e. The third-order valence-corrected chi connectivity index (χ3v) is 6.35. The molecule has 0 spiro atoms. The highest BCUT2D eigenvalue weighted by Gasteiger charge is 2.46. The Kier molecular flexibility index (Phi) is 6.62. The van der Waals surface area contributed by atoms with Gasteiger partial charge in [0.15, 0.2) is 11.5 Å². The zero-order valence-corrected chi connectivity index (χ0v) is 20.0. The van der Waals surface area contributed by atoms with Crippen LogP contribution in [-0.4, -0.2) is 48.1 Å². The van der Waals surface area contributed by atoms with E-state index in [2.05, 4.69) is 0 Å². The third-order valence-electron chi connectivity index (χ3n) is 6.35. The topological polar surface area (TPSA) is 85.3 Å². The summed E-state index contributed by atoms with van der Waals surface area (Å²) in [5.74, 6) is 0.157. The number of ether oxygens (including phenoxy) is 3. The number of rotatable bonds is 7. The second-order valence-electron chi connectivity index (χ2n) is 8.59. The minimum Gasteiger partial charge on any atom is -0.507 e. The Morgan fingerprint density at radius 1 is 0.972 bits per heavy atom. The number of carbonyl (C=O) groups is 2. The molecule has 1 saturated heterocycles. The van der Waals surface area contributed by atoms with Crippen LogP contribution in [0.4, 0.5) is 0 Å². The first-order valence-electron chi connectivity index (χ1n) is 12.0. The van der Waals surface area contributed by atoms with Gasteiger partial charge < -0.3 is 24.2 Å². The lowest BCUT2D eigenvalue weighted by Crippen LogP contribution is -2.31. The van der Waals surface area contributed by atoms with Gasteiger partial charge in [-0.1, -0.05) is 42.5 Å². The van der Waals surface area contributed by atoms with Crippen molar-refractivity contribution in [3.8, 4) is 17.2 Å². The molecule has 1 fully saturated rings. The summed E-state index contributed by atoms with van der Waals surface area (Å²) in [6.07, 6.45) is 0.575. The maximum atomic E-state index is 13.3. The molecular weight excluding hydrogens is 458 g/mol. The molecule has 7 heteroatoms. The van der Waals surface area contributed by atoms with Crippen LogP contribution in [0.1, 0.15) is 29.7 Å². The lowest BCUT2D eigenvalue weighted by Gasteiger charge is -2.26. The number of fused-ring (bicyclic) bond motifs is 1. The molecule has 184 valence electrons. The van der Waals surface area contributed by atoms with E-state index in [0.29, 0.717) is 61.2 Å². The fourth-order valence-corrected chi connectivity index (χ4v) is 4.61. The molecule has 0 saturated carbocycles. The van der Waals surface area contributed by atoms with Gasteiger partial charge in [0.25, 0.3) is 11.7 Å². The number of hydrogen-bond acceptors (Lipinski definition) is 6. The van der Waals surface area contributed by atoms with Crippen LogP contribution in [0.25, 0.3) is 5.76 Å². The van der Waals surface area contributed by atoms with Crippen LogP contribution < -0.4 is 14.2 Å². The Labute approximate surface area is 209 Å². The Morgan fingerprint density at radius 2 is 1.69 bits per heavy atom. The molecule has 2 aliphatic heterocycles. The van der Waals surface area contributed by atoms with Crippen LogP contribution in [0, 0.1) is 0 Å². The van der Waals surface area contributed by atoms with E-state index in [-0.39, 0.29) is 11.3 Å². The third kappa shape index (κ3) is 4.52. The molecular formula is C29H27NO6. The fourth-order valence-electron chi connectivity index (χ4n) is 4.61. The highest BCUT2D eigenvalue weighted by Crippen LogP contribution is 2.41. The molecule has 1 amide bonds. The van der Waals surface area contributed by atoms with Crippen molar-refractivity contribution in [2.24, 2.45) is 0 Å². The van der Waals surface area contributed by atoms with Gasteiger partial charge >= 0.3 is 0 Å². The normalized spacial score (nSPS) is 18.4. The number of aliphatic hydroxyl groups excluding tert-OH is 1. The molecule has 2 aliphatic rings. The Bertz CT molecular complexity index is 1300. The number of Topliss-reactive ketones (excluding diaryl/α,β-unsaturated/α-hetero) is 1. The Morgan fingerprint density at radius 3 is 2.42 bits per heavy atom. The number of likely N-dealkylation sites (tertiary alicyclic amines) is 1. The van der Waals surface area contributed by atoms with Crippen LogP contribution >= 0.6 is 0 Å². The number of ketones is 1. The van der Waals surface area contributed by atoms with E-state index < -0.39 is 17.7 Å². The quantitative estimate of drug-likeness (QED) is 0.301. The first-order valence-corrected chi connectivity index (χ1v) is 12.0. The molecule has 36 heavy (non-hydrogen) atoms. The average molecular weight is 486 g/mol. The van der Waals surface area contributed by atoms with Crippen LogP contribution in [0.5, 0.6) is 17.2 Å². The average Bonchev–Trinajstić information content (AvgIpc) is 3.17. The molecule has 0 radical (unpaired) electrons. The van der Waals surface area contributed by atoms with Crippen LogP contribution in [-0.2, 0) is 16.0 Å². The highest BCUT2D eigenvalue weighted by atomic mass is 16.6. The fraction of sp³-hybridized carbons (Fsp3) is 0.241. The zero-order chi connectivity index (χ0) is 25.1. The molecule has 0 aromatic heterocycles. The SMILES string of the molecule is CCOc1ccc(C2/C(=C(\O)c3ccc4c(c3)OCCO4)C(=O)C(=O)N2CCc2ccccc2)cc1. The predicted molar refractivity (Wildman–Crippen MR) is 134 cm³/mol. The van der Waals surface area contributed by atoms with Gasteiger partial charge in [-0.2, -0.15) is 0 Å². The Hall–Kier alpha value is -4.26. The van der Waals surface area contributed by atoms with Gasteiger partial charge in [0.05, 0.1) is 18.2 Å². The number of hydrogen-bond donors (Lipinski definition) is 1. The van der Waals surface area contributed by atoms with Gasteiger partial charge in [-0.15, -0.1) is 0 Å². The van der Waals surface area contributed by atoms with Gasteiger partial charge in [0.1, 0.15) is 24.7 Å². The molecule has 7 nitrogen and oxygen atoms in total. The van der Waals surface area contributed by atoms with E-state index in [1.807, 2.05) is 49.4 Å². The van der Waals surface area contributed by atoms with Crippen LogP contribution in [0.2, 0.25) is 0 Å². The summed E-state index contributed by atoms with van der Waals surface area (Å²) in [6.45, 7) is 3.60. The van der Waals surface area contributed by atoms with E-state index in [4.69, 9.17) is 14.2 Å². The lowest BCUT2D eigenvalue weighted by molar-refractivity contribution is -0.139. The minimum atomic E-state index is -0.738. The van der Waals surface area contributed by atoms with E-state index in [1.54, 1.807) is 30.3 Å². The van der Waals surface area contributed by atoms with E-state index in [1.165, 1.54) is 4.90 Å².